The number of ketones is 3. The highest BCUT2D eigenvalue weighted by molar-refractivity contribution is 6.31. The van der Waals surface area contributed by atoms with Gasteiger partial charge in [-0.05, 0) is 25.3 Å². The Morgan fingerprint density at radius 2 is 1.79 bits per heavy atom. The molecule has 0 aromatic heterocycles. The summed E-state index contributed by atoms with van der Waals surface area (Å²) in [5, 5.41) is 21.6. The molecular formula is C21H17FO6. The highest BCUT2D eigenvalue weighted by Gasteiger charge is 2.40. The number of carbonyl (C=O) groups excluding carboxylic acids is 3. The van der Waals surface area contributed by atoms with Gasteiger partial charge in [0.2, 0.25) is 5.78 Å². The van der Waals surface area contributed by atoms with Crippen LogP contribution in [0.5, 0.6) is 17.2 Å². The van der Waals surface area contributed by atoms with Crippen molar-refractivity contribution in [2.45, 2.75) is 19.3 Å². The predicted octanol–water partition coefficient (Wildman–Crippen LogP) is 2.53. The van der Waals surface area contributed by atoms with E-state index >= 15 is 0 Å². The largest absolute Gasteiger partial charge is 0.507 e. The molecule has 2 aromatic carbocycles. The van der Waals surface area contributed by atoms with Crippen molar-refractivity contribution in [2.75, 3.05) is 13.8 Å². The van der Waals surface area contributed by atoms with E-state index < -0.39 is 35.7 Å². The Morgan fingerprint density at radius 3 is 2.46 bits per heavy atom. The molecular weight excluding hydrogens is 367 g/mol. The van der Waals surface area contributed by atoms with Gasteiger partial charge in [-0.15, -0.1) is 0 Å². The number of rotatable bonds is 3. The average Bonchev–Trinajstić information content (AvgIpc) is 2.72. The van der Waals surface area contributed by atoms with Crippen LogP contribution in [0.25, 0.3) is 0 Å². The summed E-state index contributed by atoms with van der Waals surface area (Å²) < 4.78 is 18.0. The van der Waals surface area contributed by atoms with Crippen molar-refractivity contribution in [1.82, 2.24) is 0 Å². The Balaban J connectivity index is 1.95. The molecule has 0 spiro atoms. The van der Waals surface area contributed by atoms with Gasteiger partial charge in [0.1, 0.15) is 23.9 Å². The molecule has 28 heavy (non-hydrogen) atoms. The number of hydrogen-bond donors (Lipinski definition) is 2. The van der Waals surface area contributed by atoms with E-state index in [1.807, 2.05) is 0 Å². The summed E-state index contributed by atoms with van der Waals surface area (Å²) in [6.07, 6.45) is 0.499. The summed E-state index contributed by atoms with van der Waals surface area (Å²) in [5.74, 6) is -3.04. The van der Waals surface area contributed by atoms with E-state index in [4.69, 9.17) is 4.74 Å². The van der Waals surface area contributed by atoms with Crippen LogP contribution >= 0.6 is 0 Å². The van der Waals surface area contributed by atoms with Crippen molar-refractivity contribution in [1.29, 1.82) is 0 Å². The first-order valence-corrected chi connectivity index (χ1v) is 8.85. The van der Waals surface area contributed by atoms with Crippen LogP contribution in [0.4, 0.5) is 4.39 Å². The van der Waals surface area contributed by atoms with Crippen LogP contribution in [0.2, 0.25) is 0 Å². The molecule has 2 aromatic rings. The minimum atomic E-state index is -1.11. The van der Waals surface area contributed by atoms with E-state index in [1.165, 1.54) is 19.2 Å². The zero-order chi connectivity index (χ0) is 20.2. The van der Waals surface area contributed by atoms with Gasteiger partial charge >= 0.3 is 0 Å². The number of phenols is 2. The van der Waals surface area contributed by atoms with Gasteiger partial charge in [-0.3, -0.25) is 14.4 Å². The SMILES string of the molecule is COc1cccc2c1C(=O)c1c(O)c3c(c(O)c1C2=O)C[C@@H](C(=O)CF)CC3. The number of alkyl halides is 1. The van der Waals surface area contributed by atoms with Crippen LogP contribution in [0.3, 0.4) is 0 Å². The molecule has 2 aliphatic carbocycles. The van der Waals surface area contributed by atoms with Crippen molar-refractivity contribution in [3.05, 3.63) is 51.6 Å². The van der Waals surface area contributed by atoms with Crippen molar-refractivity contribution in [3.63, 3.8) is 0 Å². The first kappa shape index (κ1) is 18.2. The number of hydrogen-bond acceptors (Lipinski definition) is 6. The van der Waals surface area contributed by atoms with Gasteiger partial charge in [-0.1, -0.05) is 12.1 Å². The highest BCUT2D eigenvalue weighted by atomic mass is 19.1. The zero-order valence-electron chi connectivity index (χ0n) is 15.0. The third-order valence-corrected chi connectivity index (χ3v) is 5.61. The summed E-state index contributed by atoms with van der Waals surface area (Å²) in [6, 6.07) is 4.54. The smallest absolute Gasteiger partial charge is 0.202 e. The number of phenolic OH excluding ortho intramolecular Hbond substituents is 2. The molecule has 0 fully saturated rings. The third-order valence-electron chi connectivity index (χ3n) is 5.61. The standard InChI is InChI=1S/C21H17FO6/c1-28-14-4-2-3-11-15(14)21(27)17-16(19(11)25)20(26)12-7-9(13(23)8-22)5-6-10(12)18(17)24/h2-4,9,24,26H,5-8H2,1H3/t9-/m0/s1. The fraction of sp³-hybridized carbons (Fsp3) is 0.286. The maximum atomic E-state index is 13.1. The van der Waals surface area contributed by atoms with E-state index in [0.717, 1.165) is 0 Å². The number of fused-ring (bicyclic) bond motifs is 3. The van der Waals surface area contributed by atoms with E-state index in [1.54, 1.807) is 6.07 Å². The fourth-order valence-electron chi connectivity index (χ4n) is 4.19. The van der Waals surface area contributed by atoms with Gasteiger partial charge in [0.15, 0.2) is 11.6 Å². The molecule has 144 valence electrons. The molecule has 2 N–H and O–H groups in total. The molecule has 6 nitrogen and oxygen atoms in total. The molecule has 1 atom stereocenters. The number of methoxy groups -OCH3 is 1. The van der Waals surface area contributed by atoms with Gasteiger partial charge in [-0.25, -0.2) is 4.39 Å². The van der Waals surface area contributed by atoms with Crippen LogP contribution in [0, 0.1) is 5.92 Å². The second-order valence-corrected chi connectivity index (χ2v) is 6.99. The average molecular weight is 384 g/mol. The number of halogens is 1. The Bertz CT molecular complexity index is 1060. The van der Waals surface area contributed by atoms with Crippen LogP contribution in [-0.2, 0) is 17.6 Å². The van der Waals surface area contributed by atoms with Crippen LogP contribution in [-0.4, -0.2) is 41.3 Å². The predicted molar refractivity (Wildman–Crippen MR) is 96.1 cm³/mol. The lowest BCUT2D eigenvalue weighted by Crippen LogP contribution is -2.27. The van der Waals surface area contributed by atoms with Crippen molar-refractivity contribution in [2.24, 2.45) is 5.92 Å². The van der Waals surface area contributed by atoms with Gasteiger partial charge in [0.25, 0.3) is 0 Å². The number of benzene rings is 2. The summed E-state index contributed by atoms with van der Waals surface area (Å²) in [5.41, 5.74) is 0.112. The van der Waals surface area contributed by atoms with E-state index in [-0.39, 0.29) is 52.2 Å². The van der Waals surface area contributed by atoms with Gasteiger partial charge in [0, 0.05) is 22.6 Å². The normalized spacial score (nSPS) is 17.6. The molecule has 0 amide bonds. The molecule has 0 heterocycles. The molecule has 0 saturated heterocycles. The Kier molecular flexibility index (Phi) is 4.18. The Morgan fingerprint density at radius 1 is 1.11 bits per heavy atom. The minimum absolute atomic E-state index is 0.0111. The van der Waals surface area contributed by atoms with Crippen molar-refractivity contribution < 1.29 is 33.7 Å². The first-order valence-electron chi connectivity index (χ1n) is 8.85. The molecule has 4 rings (SSSR count). The molecule has 2 aliphatic rings. The van der Waals surface area contributed by atoms with Crippen LogP contribution < -0.4 is 4.74 Å². The summed E-state index contributed by atoms with van der Waals surface area (Å²) in [6.45, 7) is -1.11. The lowest BCUT2D eigenvalue weighted by Gasteiger charge is -2.29. The van der Waals surface area contributed by atoms with Gasteiger partial charge < -0.3 is 14.9 Å². The second kappa shape index (κ2) is 6.44. The second-order valence-electron chi connectivity index (χ2n) is 6.99. The fourth-order valence-corrected chi connectivity index (χ4v) is 4.19. The van der Waals surface area contributed by atoms with Crippen molar-refractivity contribution in [3.8, 4) is 17.2 Å². The monoisotopic (exact) mass is 384 g/mol. The molecule has 0 unspecified atom stereocenters. The van der Waals surface area contributed by atoms with E-state index in [2.05, 4.69) is 0 Å². The lowest BCUT2D eigenvalue weighted by atomic mass is 9.75. The lowest BCUT2D eigenvalue weighted by molar-refractivity contribution is -0.124. The number of aromatic hydroxyl groups is 2. The Labute approximate surface area is 159 Å². The molecule has 0 aliphatic heterocycles. The summed E-state index contributed by atoms with van der Waals surface area (Å²) >= 11 is 0. The maximum Gasteiger partial charge on any atom is 0.202 e. The van der Waals surface area contributed by atoms with Crippen LogP contribution in [0.1, 0.15) is 49.4 Å². The number of Topliss-reactive ketones (excluding diaryl/α,β-unsaturated/α-hetero) is 1. The number of carbonyl (C=O) groups is 3. The summed E-state index contributed by atoms with van der Waals surface area (Å²) in [4.78, 5) is 37.9. The van der Waals surface area contributed by atoms with Gasteiger partial charge in [-0.2, -0.15) is 0 Å². The van der Waals surface area contributed by atoms with E-state index in [9.17, 15) is 29.0 Å². The highest BCUT2D eigenvalue weighted by Crippen LogP contribution is 2.47. The zero-order valence-corrected chi connectivity index (χ0v) is 15.0. The third kappa shape index (κ3) is 2.35. The summed E-state index contributed by atoms with van der Waals surface area (Å²) in [7, 11) is 1.37. The van der Waals surface area contributed by atoms with Gasteiger partial charge in [0.05, 0.1) is 23.8 Å². The minimum Gasteiger partial charge on any atom is -0.507 e. The molecule has 0 radical (unpaired) electrons. The number of ether oxygens (including phenoxy) is 1. The van der Waals surface area contributed by atoms with E-state index in [0.29, 0.717) is 12.0 Å². The van der Waals surface area contributed by atoms with Crippen LogP contribution in [0.15, 0.2) is 18.2 Å². The first-order chi connectivity index (χ1) is 13.4. The molecule has 7 heteroatoms. The maximum absolute atomic E-state index is 13.1. The quantitative estimate of drug-likeness (QED) is 0.673. The van der Waals surface area contributed by atoms with Crippen molar-refractivity contribution >= 4 is 17.3 Å². The molecule has 0 bridgehead atoms. The molecule has 0 saturated carbocycles. The topological polar surface area (TPSA) is 101 Å². The Hall–Kier alpha value is -3.22.